The molecule has 1 aliphatic carbocycles. The second kappa shape index (κ2) is 6.79. The molecule has 0 unspecified atom stereocenters. The Morgan fingerprint density at radius 2 is 1.89 bits per heavy atom. The van der Waals surface area contributed by atoms with Gasteiger partial charge in [0, 0.05) is 6.42 Å². The Morgan fingerprint density at radius 3 is 2.61 bits per heavy atom. The van der Waals surface area contributed by atoms with E-state index < -0.39 is 0 Å². The molecule has 18 heavy (non-hydrogen) atoms. The number of ether oxygens (including phenoxy) is 1. The summed E-state index contributed by atoms with van der Waals surface area (Å²) in [7, 11) is 1.76. The van der Waals surface area contributed by atoms with Gasteiger partial charge in [-0.3, -0.25) is 0 Å². The van der Waals surface area contributed by atoms with Crippen LogP contribution in [0.2, 0.25) is 0 Å². The number of hydrogen-bond donors (Lipinski definition) is 1. The van der Waals surface area contributed by atoms with Crippen LogP contribution in [0.1, 0.15) is 38.2 Å². The smallest absolute Gasteiger partial charge is 0.122 e. The highest BCUT2D eigenvalue weighted by molar-refractivity contribution is 5.33. The summed E-state index contributed by atoms with van der Waals surface area (Å²) in [5.74, 6) is 1.98. The molecule has 0 radical (unpaired) electrons. The van der Waals surface area contributed by atoms with Crippen LogP contribution >= 0.6 is 0 Å². The molecule has 1 saturated carbocycles. The molecular formula is C16H26NO+. The second-order valence-electron chi connectivity index (χ2n) is 5.61. The predicted octanol–water partition coefficient (Wildman–Crippen LogP) is 2.38. The lowest BCUT2D eigenvalue weighted by Crippen LogP contribution is -2.90. The molecule has 0 aromatic heterocycles. The van der Waals surface area contributed by atoms with Crippen molar-refractivity contribution in [3.63, 3.8) is 0 Å². The second-order valence-corrected chi connectivity index (χ2v) is 5.61. The Bertz CT molecular complexity index is 356. The number of quaternary nitrogens is 1. The first-order valence-electron chi connectivity index (χ1n) is 7.25. The first-order valence-corrected chi connectivity index (χ1v) is 7.25. The SMILES string of the molecule is COc1ccccc1CC[NH2+]C1CCC(C)CC1. The number of nitrogens with two attached hydrogens (primary N) is 1. The zero-order valence-electron chi connectivity index (χ0n) is 11.7. The first-order chi connectivity index (χ1) is 8.79. The molecule has 0 atom stereocenters. The van der Waals surface area contributed by atoms with Crippen LogP contribution in [0, 0.1) is 5.92 Å². The molecule has 0 amide bonds. The summed E-state index contributed by atoms with van der Waals surface area (Å²) in [6.07, 6.45) is 6.72. The maximum atomic E-state index is 5.39. The van der Waals surface area contributed by atoms with Gasteiger partial charge in [0.25, 0.3) is 0 Å². The molecular weight excluding hydrogens is 222 g/mol. The number of methoxy groups -OCH3 is 1. The van der Waals surface area contributed by atoms with Crippen molar-refractivity contribution in [2.45, 2.75) is 45.1 Å². The molecule has 2 nitrogen and oxygen atoms in total. The van der Waals surface area contributed by atoms with E-state index in [0.717, 1.165) is 24.1 Å². The van der Waals surface area contributed by atoms with E-state index in [2.05, 4.69) is 30.4 Å². The molecule has 0 heterocycles. The maximum absolute atomic E-state index is 5.39. The van der Waals surface area contributed by atoms with Crippen molar-refractivity contribution in [3.8, 4) is 5.75 Å². The maximum Gasteiger partial charge on any atom is 0.122 e. The Hall–Kier alpha value is -1.02. The zero-order chi connectivity index (χ0) is 12.8. The van der Waals surface area contributed by atoms with E-state index in [-0.39, 0.29) is 0 Å². The minimum atomic E-state index is 0.857. The lowest BCUT2D eigenvalue weighted by molar-refractivity contribution is -0.691. The molecule has 2 rings (SSSR count). The van der Waals surface area contributed by atoms with Gasteiger partial charge in [-0.25, -0.2) is 0 Å². The quantitative estimate of drug-likeness (QED) is 0.850. The van der Waals surface area contributed by atoms with E-state index in [1.54, 1.807) is 7.11 Å². The van der Waals surface area contributed by atoms with Crippen LogP contribution < -0.4 is 10.1 Å². The van der Waals surface area contributed by atoms with Gasteiger partial charge in [-0.1, -0.05) is 25.1 Å². The number of hydrogen-bond acceptors (Lipinski definition) is 1. The summed E-state index contributed by atoms with van der Waals surface area (Å²) in [6.45, 7) is 3.56. The van der Waals surface area contributed by atoms with Gasteiger partial charge in [-0.15, -0.1) is 0 Å². The minimum Gasteiger partial charge on any atom is -0.496 e. The van der Waals surface area contributed by atoms with E-state index in [1.807, 2.05) is 6.07 Å². The van der Waals surface area contributed by atoms with Crippen molar-refractivity contribution in [1.82, 2.24) is 0 Å². The molecule has 1 aliphatic rings. The predicted molar refractivity (Wildman–Crippen MR) is 74.9 cm³/mol. The van der Waals surface area contributed by atoms with Crippen LogP contribution in [-0.4, -0.2) is 19.7 Å². The highest BCUT2D eigenvalue weighted by Crippen LogP contribution is 2.21. The Labute approximate surface area is 111 Å². The lowest BCUT2D eigenvalue weighted by atomic mass is 9.87. The summed E-state index contributed by atoms with van der Waals surface area (Å²) in [5, 5.41) is 2.54. The van der Waals surface area contributed by atoms with Crippen LogP contribution in [0.15, 0.2) is 24.3 Å². The molecule has 0 spiro atoms. The summed E-state index contributed by atoms with van der Waals surface area (Å²) in [4.78, 5) is 0. The standard InChI is InChI=1S/C16H25NO/c1-13-7-9-15(10-8-13)17-12-11-14-5-3-4-6-16(14)18-2/h3-6,13,15,17H,7-12H2,1-2H3/p+1. The monoisotopic (exact) mass is 248 g/mol. The fourth-order valence-corrected chi connectivity index (χ4v) is 2.91. The van der Waals surface area contributed by atoms with Gasteiger partial charge in [0.05, 0.1) is 19.7 Å². The van der Waals surface area contributed by atoms with Crippen LogP contribution in [0.4, 0.5) is 0 Å². The van der Waals surface area contributed by atoms with Crippen LogP contribution in [0.25, 0.3) is 0 Å². The summed E-state index contributed by atoms with van der Waals surface area (Å²) < 4.78 is 5.39. The molecule has 0 bridgehead atoms. The van der Waals surface area contributed by atoms with E-state index in [1.165, 1.54) is 37.8 Å². The Morgan fingerprint density at radius 1 is 1.17 bits per heavy atom. The van der Waals surface area contributed by atoms with Crippen molar-refractivity contribution in [2.24, 2.45) is 5.92 Å². The summed E-state index contributed by atoms with van der Waals surface area (Å²) in [5.41, 5.74) is 1.33. The van der Waals surface area contributed by atoms with Crippen molar-refractivity contribution in [1.29, 1.82) is 0 Å². The van der Waals surface area contributed by atoms with Crippen molar-refractivity contribution in [2.75, 3.05) is 13.7 Å². The van der Waals surface area contributed by atoms with Gasteiger partial charge in [-0.05, 0) is 43.2 Å². The van der Waals surface area contributed by atoms with E-state index in [4.69, 9.17) is 4.74 Å². The summed E-state index contributed by atoms with van der Waals surface area (Å²) in [6, 6.07) is 9.22. The van der Waals surface area contributed by atoms with Crippen molar-refractivity contribution < 1.29 is 10.1 Å². The van der Waals surface area contributed by atoms with Gasteiger partial charge in [0.15, 0.2) is 0 Å². The molecule has 0 saturated heterocycles. The Kier molecular flexibility index (Phi) is 5.06. The number of benzene rings is 1. The molecule has 0 aliphatic heterocycles. The van der Waals surface area contributed by atoms with Crippen molar-refractivity contribution in [3.05, 3.63) is 29.8 Å². The number of para-hydroxylation sites is 1. The molecule has 1 aromatic rings. The molecule has 1 aromatic carbocycles. The van der Waals surface area contributed by atoms with Crippen molar-refractivity contribution >= 4 is 0 Å². The van der Waals surface area contributed by atoms with Crippen LogP contribution in [0.3, 0.4) is 0 Å². The van der Waals surface area contributed by atoms with Gasteiger partial charge < -0.3 is 10.1 Å². The third-order valence-electron chi connectivity index (χ3n) is 4.17. The van der Waals surface area contributed by atoms with Gasteiger partial charge >= 0.3 is 0 Å². The average molecular weight is 248 g/mol. The minimum absolute atomic E-state index is 0.857. The van der Waals surface area contributed by atoms with E-state index in [0.29, 0.717) is 0 Å². The van der Waals surface area contributed by atoms with Gasteiger partial charge in [0.2, 0.25) is 0 Å². The third kappa shape index (κ3) is 3.74. The number of rotatable bonds is 5. The fraction of sp³-hybridized carbons (Fsp3) is 0.625. The topological polar surface area (TPSA) is 25.8 Å². The average Bonchev–Trinajstić information content (AvgIpc) is 2.41. The first kappa shape index (κ1) is 13.4. The molecule has 2 heteroatoms. The van der Waals surface area contributed by atoms with E-state index >= 15 is 0 Å². The van der Waals surface area contributed by atoms with Crippen LogP contribution in [0.5, 0.6) is 5.75 Å². The fourth-order valence-electron chi connectivity index (χ4n) is 2.91. The highest BCUT2D eigenvalue weighted by atomic mass is 16.5. The third-order valence-corrected chi connectivity index (χ3v) is 4.17. The van der Waals surface area contributed by atoms with E-state index in [9.17, 15) is 0 Å². The Balaban J connectivity index is 1.75. The normalized spacial score (nSPS) is 23.9. The molecule has 2 N–H and O–H groups in total. The van der Waals surface area contributed by atoms with Gasteiger partial charge in [-0.2, -0.15) is 0 Å². The highest BCUT2D eigenvalue weighted by Gasteiger charge is 2.20. The zero-order valence-corrected chi connectivity index (χ0v) is 11.7. The molecule has 1 fully saturated rings. The summed E-state index contributed by atoms with van der Waals surface area (Å²) >= 11 is 0. The molecule has 100 valence electrons. The van der Waals surface area contributed by atoms with Gasteiger partial charge in [0.1, 0.15) is 5.75 Å². The lowest BCUT2D eigenvalue weighted by Gasteiger charge is -2.24. The van der Waals surface area contributed by atoms with Crippen LogP contribution in [-0.2, 0) is 6.42 Å². The largest absolute Gasteiger partial charge is 0.496 e.